The van der Waals surface area contributed by atoms with Gasteiger partial charge in [0.05, 0.1) is 10.9 Å². The van der Waals surface area contributed by atoms with Crippen molar-refractivity contribution in [3.8, 4) is 11.5 Å². The summed E-state index contributed by atoms with van der Waals surface area (Å²) in [6, 6.07) is 8.93. The van der Waals surface area contributed by atoms with E-state index >= 15 is 0 Å². The van der Waals surface area contributed by atoms with Crippen LogP contribution in [0.2, 0.25) is 0 Å². The predicted octanol–water partition coefficient (Wildman–Crippen LogP) is 5.43. The molecule has 1 saturated carbocycles. The monoisotopic (exact) mass is 541 g/mol. The van der Waals surface area contributed by atoms with Crippen molar-refractivity contribution < 1.29 is 36.3 Å². The van der Waals surface area contributed by atoms with Gasteiger partial charge in [0, 0.05) is 18.4 Å². The van der Waals surface area contributed by atoms with Gasteiger partial charge in [-0.1, -0.05) is 24.3 Å². The van der Waals surface area contributed by atoms with Crippen LogP contribution in [0.5, 0.6) is 11.5 Å². The molecule has 1 amide bonds. The van der Waals surface area contributed by atoms with E-state index in [1.165, 1.54) is 6.08 Å². The molecule has 1 atom stereocenters. The Hall–Kier alpha value is -2.79. The van der Waals surface area contributed by atoms with Gasteiger partial charge in [-0.05, 0) is 51.7 Å². The lowest BCUT2D eigenvalue weighted by Crippen LogP contribution is -2.35. The smallest absolute Gasteiger partial charge is 0.322 e. The van der Waals surface area contributed by atoms with Crippen LogP contribution in [-0.2, 0) is 25.3 Å². The maximum atomic E-state index is 14.0. The number of carbonyl (C=O) groups is 2. The number of esters is 1. The maximum Gasteiger partial charge on any atom is 0.322 e. The first-order chi connectivity index (χ1) is 16.6. The molecule has 0 radical (unpaired) electrons. The van der Waals surface area contributed by atoms with Crippen LogP contribution >= 0.6 is 11.3 Å². The Kier molecular flexibility index (Phi) is 8.24. The van der Waals surface area contributed by atoms with Crippen LogP contribution in [0, 0.1) is 5.92 Å². The van der Waals surface area contributed by atoms with Crippen molar-refractivity contribution in [2.24, 2.45) is 5.92 Å². The number of thiophene rings is 1. The molecule has 7 nitrogen and oxygen atoms in total. The summed E-state index contributed by atoms with van der Waals surface area (Å²) in [5.41, 5.74) is -0.824. The van der Waals surface area contributed by atoms with E-state index in [1.54, 1.807) is 51.1 Å². The molecule has 2 aromatic rings. The lowest BCUT2D eigenvalue weighted by molar-refractivity contribution is -0.151. The van der Waals surface area contributed by atoms with Crippen LogP contribution in [-0.4, -0.2) is 37.7 Å². The summed E-state index contributed by atoms with van der Waals surface area (Å²) >= 11 is 0.615. The topological polar surface area (TPSA) is 98.8 Å². The van der Waals surface area contributed by atoms with Crippen molar-refractivity contribution in [1.29, 1.82) is 0 Å². The van der Waals surface area contributed by atoms with Gasteiger partial charge < -0.3 is 14.8 Å². The van der Waals surface area contributed by atoms with Gasteiger partial charge in [-0.25, -0.2) is 17.2 Å². The summed E-state index contributed by atoms with van der Waals surface area (Å²) in [5.74, 6) is -5.20. The number of halogens is 2. The first-order valence-electron chi connectivity index (χ1n) is 11.3. The zero-order valence-electron chi connectivity index (χ0n) is 20.4. The molecule has 11 heteroatoms. The first-order valence-corrected chi connectivity index (χ1v) is 13.8. The lowest BCUT2D eigenvalue weighted by Gasteiger charge is -2.19. The average molecular weight is 542 g/mol. The molecule has 1 aliphatic carbocycles. The van der Waals surface area contributed by atoms with Crippen molar-refractivity contribution in [2.45, 2.75) is 58.1 Å². The highest BCUT2D eigenvalue weighted by atomic mass is 32.2. The predicted molar refractivity (Wildman–Crippen MR) is 133 cm³/mol. The molecule has 196 valence electrons. The summed E-state index contributed by atoms with van der Waals surface area (Å²) in [4.78, 5) is 24.6. The normalized spacial score (nSPS) is 15.5. The molecule has 3 rings (SSSR count). The number of ether oxygens (including phenoxy) is 2. The molecule has 0 bridgehead atoms. The fraction of sp³-hybridized carbons (Fsp3) is 0.440. The van der Waals surface area contributed by atoms with Gasteiger partial charge >= 0.3 is 5.97 Å². The van der Waals surface area contributed by atoms with E-state index in [0.717, 1.165) is 31.2 Å². The molecule has 36 heavy (non-hydrogen) atoms. The molecule has 1 heterocycles. The molecular formula is C25H29F2NO6S2. The van der Waals surface area contributed by atoms with Gasteiger partial charge in [0.15, 0.2) is 21.3 Å². The third kappa shape index (κ3) is 8.41. The van der Waals surface area contributed by atoms with Crippen LogP contribution in [0.25, 0.3) is 0 Å². The number of carbonyl (C=O) groups excluding carboxylic acids is 2. The summed E-state index contributed by atoms with van der Waals surface area (Å²) in [7, 11) is -3.95. The Labute approximate surface area is 213 Å². The third-order valence-corrected chi connectivity index (χ3v) is 7.46. The number of para-hydroxylation sites is 1. The number of nitrogens with one attached hydrogen (secondary N) is 1. The van der Waals surface area contributed by atoms with E-state index in [-0.39, 0.29) is 21.4 Å². The van der Waals surface area contributed by atoms with Crippen LogP contribution in [0.1, 0.15) is 55.1 Å². The molecule has 0 unspecified atom stereocenters. The fourth-order valence-corrected chi connectivity index (χ4v) is 5.03. The van der Waals surface area contributed by atoms with Crippen molar-refractivity contribution in [1.82, 2.24) is 5.32 Å². The molecule has 0 saturated heterocycles. The van der Waals surface area contributed by atoms with Gasteiger partial charge in [-0.15, -0.1) is 11.3 Å². The number of rotatable bonds is 10. The molecule has 0 aliphatic heterocycles. The minimum atomic E-state index is -3.95. The fourth-order valence-electron chi connectivity index (χ4n) is 3.22. The van der Waals surface area contributed by atoms with Crippen molar-refractivity contribution in [3.63, 3.8) is 0 Å². The summed E-state index contributed by atoms with van der Waals surface area (Å²) in [6.45, 7) is 5.63. The summed E-state index contributed by atoms with van der Waals surface area (Å²) in [5, 5.41) is 3.62. The van der Waals surface area contributed by atoms with E-state index in [0.29, 0.717) is 17.1 Å². The minimum absolute atomic E-state index is 0.00697. The number of sulfone groups is 1. The van der Waals surface area contributed by atoms with E-state index in [9.17, 15) is 26.8 Å². The quantitative estimate of drug-likeness (QED) is 0.403. The summed E-state index contributed by atoms with van der Waals surface area (Å²) < 4.78 is 63.6. The van der Waals surface area contributed by atoms with Gasteiger partial charge in [-0.3, -0.25) is 9.59 Å². The molecule has 0 spiro atoms. The average Bonchev–Trinajstić information content (AvgIpc) is 3.48. The molecular weight excluding hydrogens is 512 g/mol. The second-order valence-electron chi connectivity index (χ2n) is 9.67. The highest BCUT2D eigenvalue weighted by Crippen LogP contribution is 2.41. The number of benzene rings is 1. The lowest BCUT2D eigenvalue weighted by atomic mass is 10.2. The second-order valence-corrected chi connectivity index (χ2v) is 12.6. The van der Waals surface area contributed by atoms with Crippen molar-refractivity contribution >= 4 is 33.1 Å². The van der Waals surface area contributed by atoms with Crippen molar-refractivity contribution in [3.05, 3.63) is 57.6 Å². The Morgan fingerprint density at radius 3 is 2.36 bits per heavy atom. The largest absolute Gasteiger partial charge is 0.459 e. The Balaban J connectivity index is 1.78. The highest BCUT2D eigenvalue weighted by molar-refractivity contribution is 7.94. The third-order valence-electron chi connectivity index (χ3n) is 4.97. The Morgan fingerprint density at radius 2 is 1.81 bits per heavy atom. The van der Waals surface area contributed by atoms with Gasteiger partial charge in [0.2, 0.25) is 0 Å². The Morgan fingerprint density at radius 1 is 1.17 bits per heavy atom. The minimum Gasteiger partial charge on any atom is -0.459 e. The van der Waals surface area contributed by atoms with Gasteiger partial charge in [0.25, 0.3) is 11.8 Å². The number of hydrogen-bond acceptors (Lipinski definition) is 7. The van der Waals surface area contributed by atoms with Crippen molar-refractivity contribution in [2.75, 3.05) is 5.75 Å². The number of hydrogen-bond donors (Lipinski definition) is 1. The SMILES string of the molecule is CC(C)(C)OC(=O)CS(=O)(=O)/C=C/[C@@H](NC(=O)c1sc(C(C)(F)F)cc1Oc1ccccc1)C1CC1. The van der Waals surface area contributed by atoms with Crippen LogP contribution in [0.3, 0.4) is 0 Å². The standard InChI is InChI=1S/C25H29F2NO6S2/c1-24(2,3)34-21(29)15-36(31,32)13-12-18(16-10-11-16)28-23(30)22-19(14-20(35-22)25(4,26)27)33-17-8-6-5-7-9-17/h5-9,12-14,16,18H,10-11,15H2,1-4H3,(H,28,30)/b13-12+/t18-/m1/s1. The zero-order chi connectivity index (χ0) is 26.7. The van der Waals surface area contributed by atoms with E-state index in [1.807, 2.05) is 0 Å². The van der Waals surface area contributed by atoms with E-state index in [2.05, 4.69) is 5.32 Å². The van der Waals surface area contributed by atoms with Gasteiger partial charge in [0.1, 0.15) is 16.2 Å². The molecule has 1 fully saturated rings. The Bertz CT molecular complexity index is 1220. The summed E-state index contributed by atoms with van der Waals surface area (Å²) in [6.07, 6.45) is 2.84. The molecule has 1 aromatic heterocycles. The number of alkyl halides is 2. The van der Waals surface area contributed by atoms with Crippen LogP contribution < -0.4 is 10.1 Å². The maximum absolute atomic E-state index is 14.0. The van der Waals surface area contributed by atoms with Crippen LogP contribution in [0.15, 0.2) is 47.9 Å². The first kappa shape index (κ1) is 27.8. The molecule has 1 aliphatic rings. The second kappa shape index (κ2) is 10.7. The zero-order valence-corrected chi connectivity index (χ0v) is 22.0. The van der Waals surface area contributed by atoms with E-state index < -0.39 is 45.0 Å². The van der Waals surface area contributed by atoms with E-state index in [4.69, 9.17) is 9.47 Å². The number of amides is 1. The molecule has 1 N–H and O–H groups in total. The highest BCUT2D eigenvalue weighted by Gasteiger charge is 2.35. The molecule has 1 aromatic carbocycles. The van der Waals surface area contributed by atoms with Crippen LogP contribution in [0.4, 0.5) is 8.78 Å². The van der Waals surface area contributed by atoms with Gasteiger partial charge in [-0.2, -0.15) is 0 Å².